The zero-order valence-electron chi connectivity index (χ0n) is 32.2. The van der Waals surface area contributed by atoms with E-state index in [9.17, 15) is 19.8 Å². The number of aryl methyl sites for hydroxylation is 1. The number of fused-ring (bicyclic) bond motifs is 1. The standard InChI is InChI=1S/C41H46N12O5/c1-3-33-48-50-53(49-33)32-20-31(35(54)36(32)55)52-24-44-34-37(42-22-30(26-10-6-4-7-11-26)27-12-8-5-9-13-27)46-40(47-38(34)52)51-19-18-29(23-51)45-41(57)43-21-25-14-16-28(17-15-25)39(56)58-2/h4-17,24,29-32,35-36,54-55H,3,18-23H2,1-2H3,(H,42,46,47)(H2,43,45,57)/t29?,31-,32?,35?,36-/m1/s1. The number of nitrogens with zero attached hydrogens (tertiary/aromatic N) is 9. The molecule has 5 atom stereocenters. The Morgan fingerprint density at radius 2 is 1.64 bits per heavy atom. The molecule has 58 heavy (non-hydrogen) atoms. The Bertz CT molecular complexity index is 2300. The van der Waals surface area contributed by atoms with Gasteiger partial charge in [-0.05, 0) is 46.9 Å². The zero-order valence-corrected chi connectivity index (χ0v) is 32.2. The van der Waals surface area contributed by atoms with E-state index in [-0.39, 0.29) is 24.5 Å². The van der Waals surface area contributed by atoms with E-state index in [1.807, 2.05) is 48.2 Å². The van der Waals surface area contributed by atoms with Crippen LogP contribution in [-0.2, 0) is 17.7 Å². The summed E-state index contributed by atoms with van der Waals surface area (Å²) in [6.07, 6.45) is 0.912. The van der Waals surface area contributed by atoms with Crippen LogP contribution in [0, 0.1) is 0 Å². The largest absolute Gasteiger partial charge is 0.465 e. The number of anilines is 2. The summed E-state index contributed by atoms with van der Waals surface area (Å²) in [6, 6.07) is 25.7. The van der Waals surface area contributed by atoms with Crippen LogP contribution in [0.1, 0.15) is 70.6 Å². The molecular weight excluding hydrogens is 741 g/mol. The molecule has 5 N–H and O–H groups in total. The molecule has 8 rings (SSSR count). The number of hydrogen-bond acceptors (Lipinski definition) is 13. The molecule has 2 fully saturated rings. The van der Waals surface area contributed by atoms with Crippen molar-refractivity contribution in [3.05, 3.63) is 119 Å². The van der Waals surface area contributed by atoms with Crippen molar-refractivity contribution in [1.82, 2.24) is 50.4 Å². The average molecular weight is 787 g/mol. The van der Waals surface area contributed by atoms with Crippen molar-refractivity contribution in [3.63, 3.8) is 0 Å². The maximum Gasteiger partial charge on any atom is 0.337 e. The van der Waals surface area contributed by atoms with Crippen LogP contribution in [0.4, 0.5) is 16.6 Å². The molecule has 0 radical (unpaired) electrons. The zero-order chi connectivity index (χ0) is 40.2. The van der Waals surface area contributed by atoms with E-state index in [0.29, 0.717) is 73.2 Å². The summed E-state index contributed by atoms with van der Waals surface area (Å²) in [5.74, 6) is 1.10. The number of nitrogens with one attached hydrogen (secondary N) is 3. The lowest BCUT2D eigenvalue weighted by molar-refractivity contribution is 0.00473. The molecule has 300 valence electrons. The number of imidazole rings is 1. The Hall–Kier alpha value is -6.46. The molecule has 2 aliphatic rings. The summed E-state index contributed by atoms with van der Waals surface area (Å²) in [7, 11) is 1.33. The molecule has 3 unspecified atom stereocenters. The van der Waals surface area contributed by atoms with Crippen LogP contribution in [0.2, 0.25) is 0 Å². The highest BCUT2D eigenvalue weighted by molar-refractivity contribution is 5.89. The molecule has 2 amide bonds. The second kappa shape index (κ2) is 17.0. The van der Waals surface area contributed by atoms with E-state index >= 15 is 0 Å². The Morgan fingerprint density at radius 3 is 2.31 bits per heavy atom. The summed E-state index contributed by atoms with van der Waals surface area (Å²) in [4.78, 5) is 43.0. The highest BCUT2D eigenvalue weighted by Gasteiger charge is 2.45. The third kappa shape index (κ3) is 8.03. The van der Waals surface area contributed by atoms with Gasteiger partial charge in [0.05, 0.1) is 25.0 Å². The number of aromatic nitrogens is 8. The molecule has 6 aromatic rings. The molecule has 3 aromatic carbocycles. The number of tetrazole rings is 1. The number of rotatable bonds is 13. The Kier molecular flexibility index (Phi) is 11.2. The molecule has 1 aliphatic heterocycles. The highest BCUT2D eigenvalue weighted by Crippen LogP contribution is 2.40. The SMILES string of the molecule is CCc1nnn(C2C[C@@H](n3cnc4c(NCC(c5ccccc5)c5ccccc5)nc(N5CCC(NC(=O)NCc6ccc(C(=O)OC)cc6)C5)nc43)C(O)[C@@H]2O)n1. The highest BCUT2D eigenvalue weighted by atomic mass is 16.5. The second-order valence-electron chi connectivity index (χ2n) is 14.6. The third-order valence-corrected chi connectivity index (χ3v) is 11.0. The van der Waals surface area contributed by atoms with Gasteiger partial charge in [-0.25, -0.2) is 14.6 Å². The van der Waals surface area contributed by atoms with Gasteiger partial charge < -0.3 is 40.4 Å². The van der Waals surface area contributed by atoms with Crippen molar-refractivity contribution in [2.24, 2.45) is 0 Å². The van der Waals surface area contributed by atoms with Crippen LogP contribution < -0.4 is 20.9 Å². The van der Waals surface area contributed by atoms with Crippen LogP contribution >= 0.6 is 0 Å². The van der Waals surface area contributed by atoms with Gasteiger partial charge in [0.1, 0.15) is 18.2 Å². The quantitative estimate of drug-likeness (QED) is 0.107. The van der Waals surface area contributed by atoms with Gasteiger partial charge in [-0.2, -0.15) is 14.8 Å². The lowest BCUT2D eigenvalue weighted by Gasteiger charge is -2.22. The van der Waals surface area contributed by atoms with Gasteiger partial charge in [0.25, 0.3) is 0 Å². The molecule has 0 bridgehead atoms. The van der Waals surface area contributed by atoms with Crippen molar-refractivity contribution in [1.29, 1.82) is 0 Å². The minimum atomic E-state index is -1.15. The van der Waals surface area contributed by atoms with Gasteiger partial charge in [0.15, 0.2) is 22.8 Å². The maximum absolute atomic E-state index is 13.0. The Labute approximate surface area is 334 Å². The van der Waals surface area contributed by atoms with Gasteiger partial charge in [0.2, 0.25) is 5.95 Å². The van der Waals surface area contributed by atoms with Crippen LogP contribution in [0.5, 0.6) is 0 Å². The van der Waals surface area contributed by atoms with Crippen molar-refractivity contribution in [3.8, 4) is 0 Å². The first-order valence-electron chi connectivity index (χ1n) is 19.5. The third-order valence-electron chi connectivity index (χ3n) is 11.0. The number of urea groups is 1. The van der Waals surface area contributed by atoms with Crippen molar-refractivity contribution in [2.45, 2.75) is 69.0 Å². The number of methoxy groups -OCH3 is 1. The van der Waals surface area contributed by atoms with Crippen molar-refractivity contribution >= 4 is 34.9 Å². The smallest absolute Gasteiger partial charge is 0.337 e. The molecule has 17 heteroatoms. The van der Waals surface area contributed by atoms with E-state index in [2.05, 4.69) is 55.6 Å². The first-order chi connectivity index (χ1) is 28.3. The fourth-order valence-corrected chi connectivity index (χ4v) is 7.79. The molecule has 1 saturated heterocycles. The van der Waals surface area contributed by atoms with Crippen molar-refractivity contribution in [2.75, 3.05) is 37.0 Å². The molecule has 0 spiro atoms. The van der Waals surface area contributed by atoms with Gasteiger partial charge in [-0.1, -0.05) is 79.7 Å². The Balaban J connectivity index is 1.04. The monoisotopic (exact) mass is 786 g/mol. The van der Waals surface area contributed by atoms with Crippen LogP contribution in [0.25, 0.3) is 11.2 Å². The maximum atomic E-state index is 13.0. The summed E-state index contributed by atoms with van der Waals surface area (Å²) < 4.78 is 6.57. The molecule has 4 heterocycles. The van der Waals surface area contributed by atoms with Gasteiger partial charge in [0, 0.05) is 44.6 Å². The van der Waals surface area contributed by atoms with E-state index < -0.39 is 30.3 Å². The van der Waals surface area contributed by atoms with E-state index in [1.165, 1.54) is 11.9 Å². The number of esters is 1. The van der Waals surface area contributed by atoms with Gasteiger partial charge in [-0.15, -0.1) is 10.2 Å². The lowest BCUT2D eigenvalue weighted by atomic mass is 9.91. The van der Waals surface area contributed by atoms with Crippen LogP contribution in [0.15, 0.2) is 91.3 Å². The van der Waals surface area contributed by atoms with Crippen molar-refractivity contribution < 1.29 is 24.5 Å². The number of carbonyl (C=O) groups excluding carboxylic acids is 2. The van der Waals surface area contributed by atoms with Gasteiger partial charge >= 0.3 is 12.0 Å². The number of benzene rings is 3. The first kappa shape index (κ1) is 38.4. The summed E-state index contributed by atoms with van der Waals surface area (Å²) in [6.45, 7) is 3.76. The molecule has 17 nitrogen and oxygen atoms in total. The van der Waals surface area contributed by atoms with Crippen LogP contribution in [-0.4, -0.2) is 107 Å². The predicted molar refractivity (Wildman–Crippen MR) is 214 cm³/mol. The minimum absolute atomic E-state index is 0.00151. The average Bonchev–Trinajstić information content (AvgIpc) is 4.08. The lowest BCUT2D eigenvalue weighted by Crippen LogP contribution is -2.43. The fraction of sp³-hybridized carbons (Fsp3) is 0.366. The number of amides is 2. The van der Waals surface area contributed by atoms with E-state index in [0.717, 1.165) is 16.7 Å². The summed E-state index contributed by atoms with van der Waals surface area (Å²) in [5.41, 5.74) is 4.58. The number of aliphatic hydroxyl groups excluding tert-OH is 2. The number of carbonyl (C=O) groups is 2. The summed E-state index contributed by atoms with van der Waals surface area (Å²) >= 11 is 0. The van der Waals surface area contributed by atoms with E-state index in [4.69, 9.17) is 19.7 Å². The van der Waals surface area contributed by atoms with Crippen LogP contribution in [0.3, 0.4) is 0 Å². The molecule has 3 aromatic heterocycles. The second-order valence-corrected chi connectivity index (χ2v) is 14.6. The summed E-state index contributed by atoms with van der Waals surface area (Å²) in [5, 5.41) is 44.8. The first-order valence-corrected chi connectivity index (χ1v) is 19.5. The fourth-order valence-electron chi connectivity index (χ4n) is 7.79. The molecule has 1 aliphatic carbocycles. The van der Waals surface area contributed by atoms with E-state index in [1.54, 1.807) is 35.2 Å². The Morgan fingerprint density at radius 1 is 0.931 bits per heavy atom. The predicted octanol–water partition coefficient (Wildman–Crippen LogP) is 3.39. The topological polar surface area (TPSA) is 210 Å². The molecule has 1 saturated carbocycles. The normalized spacial score (nSPS) is 20.4. The minimum Gasteiger partial charge on any atom is -0.465 e. The number of aliphatic hydroxyl groups is 2. The number of hydrogen-bond donors (Lipinski definition) is 5. The molecular formula is C41H46N12O5. The van der Waals surface area contributed by atoms with Gasteiger partial charge in [-0.3, -0.25) is 0 Å². The number of ether oxygens (including phenoxy) is 1.